The van der Waals surface area contributed by atoms with E-state index in [-0.39, 0.29) is 11.8 Å². The van der Waals surface area contributed by atoms with Crippen LogP contribution in [0.25, 0.3) is 0 Å². The van der Waals surface area contributed by atoms with Gasteiger partial charge in [0.25, 0.3) is 0 Å². The van der Waals surface area contributed by atoms with E-state index in [1.54, 1.807) is 7.05 Å². The number of carbonyl (C=O) groups excluding carboxylic acids is 2. The van der Waals surface area contributed by atoms with Gasteiger partial charge in [-0.3, -0.25) is 14.5 Å². The zero-order valence-electron chi connectivity index (χ0n) is 15.0. The van der Waals surface area contributed by atoms with E-state index >= 15 is 0 Å². The Labute approximate surface area is 154 Å². The van der Waals surface area contributed by atoms with Crippen molar-refractivity contribution in [3.63, 3.8) is 0 Å². The van der Waals surface area contributed by atoms with Crippen molar-refractivity contribution in [2.75, 3.05) is 26.7 Å². The number of likely N-dealkylation sites (N-methyl/N-ethyl adjacent to an activating group) is 1. The van der Waals surface area contributed by atoms with Gasteiger partial charge in [-0.25, -0.2) is 0 Å². The molecule has 0 aromatic heterocycles. The Bertz CT molecular complexity index is 733. The van der Waals surface area contributed by atoms with Gasteiger partial charge in [-0.1, -0.05) is 60.7 Å². The summed E-state index contributed by atoms with van der Waals surface area (Å²) in [5.74, 6) is 0.122. The third-order valence-electron chi connectivity index (χ3n) is 4.86. The van der Waals surface area contributed by atoms with Crippen LogP contribution in [0, 0.1) is 0 Å². The Morgan fingerprint density at radius 2 is 1.73 bits per heavy atom. The second kappa shape index (κ2) is 8.63. The molecule has 2 aromatic rings. The molecular formula is C21H25N3O2. The second-order valence-corrected chi connectivity index (χ2v) is 6.66. The highest BCUT2D eigenvalue weighted by atomic mass is 16.2. The SMILES string of the molecule is CNC(=O)[C@@H](NC(=O)CN1CC[C@@H](c2ccccc2)C1)c1ccccc1. The molecule has 0 spiro atoms. The first-order valence-electron chi connectivity index (χ1n) is 9.00. The summed E-state index contributed by atoms with van der Waals surface area (Å²) in [5.41, 5.74) is 2.10. The van der Waals surface area contributed by atoms with Crippen LogP contribution in [0.3, 0.4) is 0 Å². The average Bonchev–Trinajstić information content (AvgIpc) is 3.15. The molecule has 0 aliphatic carbocycles. The van der Waals surface area contributed by atoms with Crippen LogP contribution in [0.15, 0.2) is 60.7 Å². The summed E-state index contributed by atoms with van der Waals surface area (Å²) in [6.45, 7) is 2.07. The van der Waals surface area contributed by atoms with Crippen molar-refractivity contribution < 1.29 is 9.59 Å². The van der Waals surface area contributed by atoms with Gasteiger partial charge in [-0.2, -0.15) is 0 Å². The van der Waals surface area contributed by atoms with Crippen LogP contribution in [-0.2, 0) is 9.59 Å². The van der Waals surface area contributed by atoms with Gasteiger partial charge in [-0.05, 0) is 30.0 Å². The molecule has 2 N–H and O–H groups in total. The van der Waals surface area contributed by atoms with E-state index in [9.17, 15) is 9.59 Å². The lowest BCUT2D eigenvalue weighted by molar-refractivity contribution is -0.129. The molecule has 2 aromatic carbocycles. The number of hydrogen-bond acceptors (Lipinski definition) is 3. The van der Waals surface area contributed by atoms with Crippen molar-refractivity contribution in [2.45, 2.75) is 18.4 Å². The minimum absolute atomic E-state index is 0.129. The molecule has 1 aliphatic rings. The lowest BCUT2D eigenvalue weighted by atomic mass is 9.99. The smallest absolute Gasteiger partial charge is 0.246 e. The topological polar surface area (TPSA) is 61.4 Å². The minimum atomic E-state index is -0.666. The molecule has 3 rings (SSSR count). The fraction of sp³-hybridized carbons (Fsp3) is 0.333. The molecule has 136 valence electrons. The molecule has 26 heavy (non-hydrogen) atoms. The van der Waals surface area contributed by atoms with E-state index in [1.165, 1.54) is 5.56 Å². The first-order chi connectivity index (χ1) is 12.7. The molecular weight excluding hydrogens is 326 g/mol. The molecule has 0 saturated carbocycles. The summed E-state index contributed by atoms with van der Waals surface area (Å²) in [4.78, 5) is 26.8. The molecule has 0 radical (unpaired) electrons. The Morgan fingerprint density at radius 1 is 1.08 bits per heavy atom. The van der Waals surface area contributed by atoms with Crippen molar-refractivity contribution in [2.24, 2.45) is 0 Å². The predicted molar refractivity (Wildman–Crippen MR) is 102 cm³/mol. The molecule has 5 nitrogen and oxygen atoms in total. The van der Waals surface area contributed by atoms with Crippen LogP contribution >= 0.6 is 0 Å². The van der Waals surface area contributed by atoms with Gasteiger partial charge in [0.2, 0.25) is 11.8 Å². The van der Waals surface area contributed by atoms with Crippen LogP contribution in [0.5, 0.6) is 0 Å². The van der Waals surface area contributed by atoms with Crippen molar-refractivity contribution in [1.82, 2.24) is 15.5 Å². The maximum Gasteiger partial charge on any atom is 0.246 e. The molecule has 2 amide bonds. The van der Waals surface area contributed by atoms with E-state index in [4.69, 9.17) is 0 Å². The van der Waals surface area contributed by atoms with E-state index < -0.39 is 6.04 Å². The van der Waals surface area contributed by atoms with Crippen molar-refractivity contribution in [3.8, 4) is 0 Å². The van der Waals surface area contributed by atoms with Crippen LogP contribution < -0.4 is 10.6 Å². The minimum Gasteiger partial charge on any atom is -0.357 e. The number of benzene rings is 2. The summed E-state index contributed by atoms with van der Waals surface area (Å²) in [7, 11) is 1.58. The van der Waals surface area contributed by atoms with Gasteiger partial charge in [0, 0.05) is 13.6 Å². The third kappa shape index (κ3) is 4.49. The first kappa shape index (κ1) is 18.1. The highest BCUT2D eigenvalue weighted by Gasteiger charge is 2.27. The quantitative estimate of drug-likeness (QED) is 0.838. The largest absolute Gasteiger partial charge is 0.357 e. The fourth-order valence-corrected chi connectivity index (χ4v) is 3.47. The van der Waals surface area contributed by atoms with E-state index in [0.717, 1.165) is 25.1 Å². The summed E-state index contributed by atoms with van der Waals surface area (Å²) in [6, 6.07) is 19.1. The van der Waals surface area contributed by atoms with Crippen molar-refractivity contribution >= 4 is 11.8 Å². The van der Waals surface area contributed by atoms with E-state index in [2.05, 4.69) is 39.8 Å². The lowest BCUT2D eigenvalue weighted by Gasteiger charge is -2.20. The summed E-state index contributed by atoms with van der Waals surface area (Å²) >= 11 is 0. The number of rotatable bonds is 6. The number of nitrogens with zero attached hydrogens (tertiary/aromatic N) is 1. The molecule has 2 atom stereocenters. The van der Waals surface area contributed by atoms with Crippen LogP contribution in [-0.4, -0.2) is 43.4 Å². The van der Waals surface area contributed by atoms with Gasteiger partial charge in [0.15, 0.2) is 0 Å². The average molecular weight is 351 g/mol. The van der Waals surface area contributed by atoms with Gasteiger partial charge in [-0.15, -0.1) is 0 Å². The Hall–Kier alpha value is -2.66. The van der Waals surface area contributed by atoms with Gasteiger partial charge >= 0.3 is 0 Å². The maximum atomic E-state index is 12.5. The molecule has 1 heterocycles. The zero-order chi connectivity index (χ0) is 18.4. The lowest BCUT2D eigenvalue weighted by Crippen LogP contribution is -2.43. The zero-order valence-corrected chi connectivity index (χ0v) is 15.0. The van der Waals surface area contributed by atoms with E-state index in [0.29, 0.717) is 12.5 Å². The fourth-order valence-electron chi connectivity index (χ4n) is 3.47. The standard InChI is InChI=1S/C21H25N3O2/c1-22-21(26)20(17-10-6-3-7-11-17)23-19(25)15-24-13-12-18(14-24)16-8-4-2-5-9-16/h2-11,18,20H,12-15H2,1H3,(H,22,26)(H,23,25)/t18-,20+/m1/s1. The normalized spacial score (nSPS) is 18.3. The Balaban J connectivity index is 1.58. The molecule has 1 aliphatic heterocycles. The van der Waals surface area contributed by atoms with Gasteiger partial charge in [0.1, 0.15) is 6.04 Å². The summed E-state index contributed by atoms with van der Waals surface area (Å²) in [5, 5.41) is 5.50. The highest BCUT2D eigenvalue weighted by molar-refractivity contribution is 5.89. The summed E-state index contributed by atoms with van der Waals surface area (Å²) in [6.07, 6.45) is 1.05. The van der Waals surface area contributed by atoms with Crippen LogP contribution in [0.1, 0.15) is 29.5 Å². The molecule has 1 saturated heterocycles. The Morgan fingerprint density at radius 3 is 2.38 bits per heavy atom. The third-order valence-corrected chi connectivity index (χ3v) is 4.86. The van der Waals surface area contributed by atoms with Gasteiger partial charge in [0.05, 0.1) is 6.54 Å². The van der Waals surface area contributed by atoms with Crippen molar-refractivity contribution in [1.29, 1.82) is 0 Å². The number of amides is 2. The molecule has 0 unspecified atom stereocenters. The number of nitrogens with one attached hydrogen (secondary N) is 2. The van der Waals surface area contributed by atoms with Crippen LogP contribution in [0.4, 0.5) is 0 Å². The predicted octanol–water partition coefficient (Wildman–Crippen LogP) is 2.08. The number of hydrogen-bond donors (Lipinski definition) is 2. The second-order valence-electron chi connectivity index (χ2n) is 6.66. The monoisotopic (exact) mass is 351 g/mol. The number of carbonyl (C=O) groups is 2. The number of likely N-dealkylation sites (tertiary alicyclic amines) is 1. The molecule has 0 bridgehead atoms. The Kier molecular flexibility index (Phi) is 6.02. The molecule has 5 heteroatoms. The first-order valence-corrected chi connectivity index (χ1v) is 9.00. The maximum absolute atomic E-state index is 12.5. The summed E-state index contributed by atoms with van der Waals surface area (Å²) < 4.78 is 0. The van der Waals surface area contributed by atoms with Crippen molar-refractivity contribution in [3.05, 3.63) is 71.8 Å². The van der Waals surface area contributed by atoms with Gasteiger partial charge < -0.3 is 10.6 Å². The highest BCUT2D eigenvalue weighted by Crippen LogP contribution is 2.26. The van der Waals surface area contributed by atoms with E-state index in [1.807, 2.05) is 36.4 Å². The molecule has 1 fully saturated rings. The van der Waals surface area contributed by atoms with Crippen LogP contribution in [0.2, 0.25) is 0 Å².